The van der Waals surface area contributed by atoms with E-state index in [0.717, 1.165) is 12.8 Å². The Morgan fingerprint density at radius 2 is 1.79 bits per heavy atom. The number of allylic oxidation sites excluding steroid dienone is 1. The predicted octanol–water partition coefficient (Wildman–Crippen LogP) is 4.88. The first-order valence-electron chi connectivity index (χ1n) is 8.07. The van der Waals surface area contributed by atoms with Crippen LogP contribution in [0.4, 0.5) is 0 Å². The Morgan fingerprint density at radius 1 is 1.11 bits per heavy atom. The Labute approximate surface area is 118 Å². The number of carbonyl (C=O) groups is 1. The summed E-state index contributed by atoms with van der Waals surface area (Å²) in [6.45, 7) is 6.43. The molecule has 0 aromatic heterocycles. The van der Waals surface area contributed by atoms with E-state index < -0.39 is 0 Å². The highest BCUT2D eigenvalue weighted by atomic mass is 16.6. The minimum atomic E-state index is -0.00953. The van der Waals surface area contributed by atoms with Crippen LogP contribution in [0.1, 0.15) is 72.1 Å². The van der Waals surface area contributed by atoms with E-state index in [4.69, 9.17) is 4.74 Å². The Bertz CT molecular complexity index is 283. The number of cyclic esters (lactones) is 1. The summed E-state index contributed by atoms with van der Waals surface area (Å²) in [7, 11) is 0. The van der Waals surface area contributed by atoms with Crippen LogP contribution in [-0.2, 0) is 9.53 Å². The molecule has 2 heteroatoms. The summed E-state index contributed by atoms with van der Waals surface area (Å²) in [6.07, 6.45) is 14.2. The van der Waals surface area contributed by atoms with Crippen LogP contribution in [0.3, 0.4) is 0 Å². The molecule has 1 fully saturated rings. The first kappa shape index (κ1) is 16.3. The third-order valence-corrected chi connectivity index (χ3v) is 4.07. The van der Waals surface area contributed by atoms with Crippen LogP contribution in [0, 0.1) is 11.8 Å². The van der Waals surface area contributed by atoms with Gasteiger partial charge in [-0.3, -0.25) is 4.79 Å². The summed E-state index contributed by atoms with van der Waals surface area (Å²) in [5.41, 5.74) is 0. The van der Waals surface area contributed by atoms with E-state index in [1.165, 1.54) is 38.5 Å². The molecule has 0 saturated carbocycles. The number of ether oxygens (including phenoxy) is 1. The normalized spacial score (nSPS) is 27.1. The predicted molar refractivity (Wildman–Crippen MR) is 80.0 cm³/mol. The smallest absolute Gasteiger partial charge is 0.309 e. The molecule has 1 heterocycles. The van der Waals surface area contributed by atoms with Gasteiger partial charge in [0.25, 0.3) is 0 Å². The highest BCUT2D eigenvalue weighted by Gasteiger charge is 2.39. The van der Waals surface area contributed by atoms with E-state index >= 15 is 0 Å². The van der Waals surface area contributed by atoms with Crippen molar-refractivity contribution in [1.82, 2.24) is 0 Å². The largest absolute Gasteiger partial charge is 0.461 e. The average molecular weight is 266 g/mol. The molecule has 0 aromatic carbocycles. The third-order valence-electron chi connectivity index (χ3n) is 4.07. The number of rotatable bonds is 9. The molecule has 1 saturated heterocycles. The summed E-state index contributed by atoms with van der Waals surface area (Å²) in [5, 5.41) is 0. The van der Waals surface area contributed by atoms with Crippen molar-refractivity contribution in [3.8, 4) is 0 Å². The van der Waals surface area contributed by atoms with Crippen LogP contribution < -0.4 is 0 Å². The van der Waals surface area contributed by atoms with Crippen molar-refractivity contribution >= 4 is 5.97 Å². The first-order valence-corrected chi connectivity index (χ1v) is 8.07. The topological polar surface area (TPSA) is 26.3 Å². The number of unbranched alkanes of at least 4 members (excludes halogenated alkanes) is 5. The highest BCUT2D eigenvalue weighted by Crippen LogP contribution is 2.32. The Balaban J connectivity index is 2.42. The lowest BCUT2D eigenvalue weighted by atomic mass is 9.88. The Hall–Kier alpha value is -0.790. The molecule has 1 aliphatic rings. The fraction of sp³-hybridized carbons (Fsp3) is 0.824. The molecule has 0 bridgehead atoms. The van der Waals surface area contributed by atoms with Gasteiger partial charge in [-0.1, -0.05) is 58.6 Å². The van der Waals surface area contributed by atoms with Gasteiger partial charge in [-0.25, -0.2) is 0 Å². The minimum Gasteiger partial charge on any atom is -0.461 e. The molecule has 0 spiro atoms. The molecular weight excluding hydrogens is 236 g/mol. The fourth-order valence-corrected chi connectivity index (χ4v) is 2.72. The van der Waals surface area contributed by atoms with Crippen LogP contribution in [0.5, 0.6) is 0 Å². The fourth-order valence-electron chi connectivity index (χ4n) is 2.72. The van der Waals surface area contributed by atoms with Crippen molar-refractivity contribution in [2.45, 2.75) is 78.2 Å². The van der Waals surface area contributed by atoms with Crippen molar-refractivity contribution < 1.29 is 9.53 Å². The molecule has 3 atom stereocenters. The maximum atomic E-state index is 11.7. The SMILES string of the molecule is CCCCC/C=C/[C@H]1[C@H](CCCCC)OC(=O)[C@H]1C. The van der Waals surface area contributed by atoms with E-state index in [1.807, 2.05) is 6.92 Å². The van der Waals surface area contributed by atoms with Crippen LogP contribution in [-0.4, -0.2) is 12.1 Å². The zero-order valence-electron chi connectivity index (χ0n) is 12.9. The minimum absolute atomic E-state index is 0.00953. The van der Waals surface area contributed by atoms with Crippen molar-refractivity contribution in [3.63, 3.8) is 0 Å². The van der Waals surface area contributed by atoms with Gasteiger partial charge in [0.1, 0.15) is 6.10 Å². The molecule has 1 rings (SSSR count). The quantitative estimate of drug-likeness (QED) is 0.338. The molecule has 0 radical (unpaired) electrons. The lowest BCUT2D eigenvalue weighted by molar-refractivity contribution is -0.144. The Kier molecular flexibility index (Phi) is 7.85. The van der Waals surface area contributed by atoms with Gasteiger partial charge in [0, 0.05) is 5.92 Å². The zero-order valence-corrected chi connectivity index (χ0v) is 12.9. The molecular formula is C17H30O2. The van der Waals surface area contributed by atoms with Crippen LogP contribution in [0.25, 0.3) is 0 Å². The first-order chi connectivity index (χ1) is 9.20. The summed E-state index contributed by atoms with van der Waals surface area (Å²) < 4.78 is 5.52. The van der Waals surface area contributed by atoms with E-state index in [1.54, 1.807) is 0 Å². The molecule has 2 nitrogen and oxygen atoms in total. The Morgan fingerprint density at radius 3 is 2.47 bits per heavy atom. The van der Waals surface area contributed by atoms with Crippen molar-refractivity contribution in [3.05, 3.63) is 12.2 Å². The third kappa shape index (κ3) is 5.38. The molecule has 0 aliphatic carbocycles. The van der Waals surface area contributed by atoms with Crippen LogP contribution >= 0.6 is 0 Å². The van der Waals surface area contributed by atoms with Gasteiger partial charge in [-0.15, -0.1) is 0 Å². The van der Waals surface area contributed by atoms with E-state index in [-0.39, 0.29) is 18.0 Å². The standard InChI is InChI=1S/C17H30O2/c1-4-6-8-9-11-12-15-14(3)17(18)19-16(15)13-10-7-5-2/h11-12,14-16H,4-10,13H2,1-3H3/b12-11+/t14-,15+,16-/m0/s1. The summed E-state index contributed by atoms with van der Waals surface area (Å²) in [4.78, 5) is 11.7. The maximum absolute atomic E-state index is 11.7. The molecule has 0 amide bonds. The van der Waals surface area contributed by atoms with Gasteiger partial charge < -0.3 is 4.74 Å². The molecule has 0 unspecified atom stereocenters. The summed E-state index contributed by atoms with van der Waals surface area (Å²) in [5.74, 6) is 0.324. The lowest BCUT2D eigenvalue weighted by Crippen LogP contribution is -2.17. The summed E-state index contributed by atoms with van der Waals surface area (Å²) >= 11 is 0. The van der Waals surface area contributed by atoms with Crippen molar-refractivity contribution in [2.75, 3.05) is 0 Å². The highest BCUT2D eigenvalue weighted by molar-refractivity contribution is 5.75. The van der Waals surface area contributed by atoms with Crippen LogP contribution in [0.2, 0.25) is 0 Å². The average Bonchev–Trinajstić information content (AvgIpc) is 2.66. The number of esters is 1. The monoisotopic (exact) mass is 266 g/mol. The van der Waals surface area contributed by atoms with Gasteiger partial charge in [-0.05, 0) is 25.7 Å². The zero-order chi connectivity index (χ0) is 14.1. The van der Waals surface area contributed by atoms with E-state index in [9.17, 15) is 4.79 Å². The lowest BCUT2D eigenvalue weighted by Gasteiger charge is -2.15. The number of carbonyl (C=O) groups excluding carboxylic acids is 1. The van der Waals surface area contributed by atoms with Gasteiger partial charge in [0.15, 0.2) is 0 Å². The number of hydrogen-bond acceptors (Lipinski definition) is 2. The van der Waals surface area contributed by atoms with Crippen molar-refractivity contribution in [1.29, 1.82) is 0 Å². The number of hydrogen-bond donors (Lipinski definition) is 0. The second-order valence-electron chi connectivity index (χ2n) is 5.76. The summed E-state index contributed by atoms with van der Waals surface area (Å²) in [6, 6.07) is 0. The second-order valence-corrected chi connectivity index (χ2v) is 5.76. The van der Waals surface area contributed by atoms with Crippen molar-refractivity contribution in [2.24, 2.45) is 11.8 Å². The van der Waals surface area contributed by atoms with Crippen LogP contribution in [0.15, 0.2) is 12.2 Å². The molecule has 0 aromatic rings. The molecule has 1 aliphatic heterocycles. The van der Waals surface area contributed by atoms with Gasteiger partial charge in [0.2, 0.25) is 0 Å². The van der Waals surface area contributed by atoms with Gasteiger partial charge in [-0.2, -0.15) is 0 Å². The molecule has 19 heavy (non-hydrogen) atoms. The van der Waals surface area contributed by atoms with Gasteiger partial charge >= 0.3 is 5.97 Å². The molecule has 0 N–H and O–H groups in total. The molecule has 110 valence electrons. The van der Waals surface area contributed by atoms with E-state index in [2.05, 4.69) is 26.0 Å². The van der Waals surface area contributed by atoms with Gasteiger partial charge in [0.05, 0.1) is 5.92 Å². The maximum Gasteiger partial charge on any atom is 0.309 e. The van der Waals surface area contributed by atoms with E-state index in [0.29, 0.717) is 5.92 Å². The second kappa shape index (κ2) is 9.17.